The first-order valence-corrected chi connectivity index (χ1v) is 9.36. The van der Waals surface area contributed by atoms with E-state index < -0.39 is 0 Å². The highest BCUT2D eigenvalue weighted by atomic mass is 32.2. The van der Waals surface area contributed by atoms with E-state index in [0.717, 1.165) is 28.5 Å². The summed E-state index contributed by atoms with van der Waals surface area (Å²) in [6, 6.07) is 14.1. The van der Waals surface area contributed by atoms with Crippen LogP contribution in [-0.4, -0.2) is 31.1 Å². The third-order valence-corrected chi connectivity index (χ3v) is 5.00. The largest absolute Gasteiger partial charge is 0.368 e. The summed E-state index contributed by atoms with van der Waals surface area (Å²) in [7, 11) is 1.99. The van der Waals surface area contributed by atoms with Crippen LogP contribution in [0.15, 0.2) is 59.3 Å². The molecule has 5 nitrogen and oxygen atoms in total. The summed E-state index contributed by atoms with van der Waals surface area (Å²) in [5.41, 5.74) is 4.95. The molecule has 2 aromatic carbocycles. The van der Waals surface area contributed by atoms with Gasteiger partial charge in [-0.1, -0.05) is 23.8 Å². The van der Waals surface area contributed by atoms with E-state index in [1.165, 1.54) is 5.56 Å². The summed E-state index contributed by atoms with van der Waals surface area (Å²) in [5, 5.41) is 6.19. The lowest BCUT2D eigenvalue weighted by Crippen LogP contribution is -2.29. The van der Waals surface area contributed by atoms with Crippen molar-refractivity contribution in [3.63, 3.8) is 0 Å². The predicted molar refractivity (Wildman–Crippen MR) is 108 cm³/mol. The van der Waals surface area contributed by atoms with Gasteiger partial charge in [0, 0.05) is 35.1 Å². The molecule has 3 N–H and O–H groups in total. The van der Waals surface area contributed by atoms with Gasteiger partial charge in [-0.25, -0.2) is 0 Å². The highest BCUT2D eigenvalue weighted by Crippen LogP contribution is 2.25. The van der Waals surface area contributed by atoms with Crippen LogP contribution in [0.3, 0.4) is 0 Å². The zero-order chi connectivity index (χ0) is 18.5. The molecule has 0 aliphatic carbocycles. The Morgan fingerprint density at radius 3 is 2.65 bits per heavy atom. The Kier molecular flexibility index (Phi) is 5.73. The van der Waals surface area contributed by atoms with Crippen LogP contribution in [0, 0.1) is 13.8 Å². The Hall–Kier alpha value is -2.60. The number of hydrogen-bond acceptors (Lipinski definition) is 5. The Morgan fingerprint density at radius 2 is 1.96 bits per heavy atom. The SMILES string of the molecule is Cc1ccc(SNc2cc(C(=O)NCC3=CN(C)CN3)ccc2C)cc1. The van der Waals surface area contributed by atoms with Gasteiger partial charge in [-0.3, -0.25) is 4.79 Å². The molecule has 0 unspecified atom stereocenters. The number of aryl methyl sites for hydroxylation is 2. The number of benzene rings is 2. The zero-order valence-electron chi connectivity index (χ0n) is 15.3. The number of nitrogens with zero attached hydrogens (tertiary/aromatic N) is 1. The van der Waals surface area contributed by atoms with Crippen molar-refractivity contribution in [3.8, 4) is 0 Å². The minimum Gasteiger partial charge on any atom is -0.368 e. The van der Waals surface area contributed by atoms with Gasteiger partial charge in [-0.2, -0.15) is 0 Å². The number of carbonyl (C=O) groups is 1. The number of anilines is 1. The molecule has 1 aliphatic heterocycles. The molecule has 1 heterocycles. The average Bonchev–Trinajstić information content (AvgIpc) is 3.05. The fourth-order valence-corrected chi connectivity index (χ4v) is 3.28. The van der Waals surface area contributed by atoms with Crippen LogP contribution >= 0.6 is 11.9 Å². The van der Waals surface area contributed by atoms with E-state index in [2.05, 4.69) is 46.5 Å². The highest BCUT2D eigenvalue weighted by Gasteiger charge is 2.11. The summed E-state index contributed by atoms with van der Waals surface area (Å²) >= 11 is 1.54. The van der Waals surface area contributed by atoms with Crippen LogP contribution < -0.4 is 15.4 Å². The molecule has 0 radical (unpaired) electrons. The molecule has 0 saturated carbocycles. The minimum absolute atomic E-state index is 0.0781. The zero-order valence-corrected chi connectivity index (χ0v) is 16.1. The van der Waals surface area contributed by atoms with E-state index in [9.17, 15) is 4.79 Å². The quantitative estimate of drug-likeness (QED) is 0.682. The fraction of sp³-hybridized carbons (Fsp3) is 0.250. The van der Waals surface area contributed by atoms with Crippen LogP contribution in [0.4, 0.5) is 5.69 Å². The first kappa shape index (κ1) is 18.2. The lowest BCUT2D eigenvalue weighted by Gasteiger charge is -2.12. The number of rotatable bonds is 6. The molecule has 0 spiro atoms. The Bertz CT molecular complexity index is 817. The van der Waals surface area contributed by atoms with E-state index in [-0.39, 0.29) is 5.91 Å². The van der Waals surface area contributed by atoms with Crippen LogP contribution in [0.1, 0.15) is 21.5 Å². The summed E-state index contributed by atoms with van der Waals surface area (Å²) in [6.07, 6.45) is 2.00. The van der Waals surface area contributed by atoms with Crippen LogP contribution in [0.2, 0.25) is 0 Å². The molecule has 0 fully saturated rings. The van der Waals surface area contributed by atoms with Crippen LogP contribution in [-0.2, 0) is 0 Å². The lowest BCUT2D eigenvalue weighted by atomic mass is 10.1. The Labute approximate surface area is 159 Å². The fourth-order valence-electron chi connectivity index (χ4n) is 2.56. The number of carbonyl (C=O) groups excluding carboxylic acids is 1. The van der Waals surface area contributed by atoms with Gasteiger partial charge in [0.1, 0.15) is 0 Å². The molecule has 1 aliphatic rings. The number of amides is 1. The summed E-state index contributed by atoms with van der Waals surface area (Å²) in [5.74, 6) is -0.0781. The van der Waals surface area contributed by atoms with Crippen molar-refractivity contribution in [2.24, 2.45) is 0 Å². The van der Waals surface area contributed by atoms with Gasteiger partial charge in [-0.15, -0.1) is 0 Å². The molecular formula is C20H24N4OS. The maximum absolute atomic E-state index is 12.4. The monoisotopic (exact) mass is 368 g/mol. The molecule has 0 saturated heterocycles. The van der Waals surface area contributed by atoms with Gasteiger partial charge in [0.05, 0.1) is 13.2 Å². The maximum atomic E-state index is 12.4. The topological polar surface area (TPSA) is 56.4 Å². The van der Waals surface area contributed by atoms with Crippen molar-refractivity contribution in [1.29, 1.82) is 0 Å². The molecule has 136 valence electrons. The van der Waals surface area contributed by atoms with Gasteiger partial charge in [-0.05, 0) is 55.6 Å². The lowest BCUT2D eigenvalue weighted by molar-refractivity contribution is 0.0956. The van der Waals surface area contributed by atoms with Gasteiger partial charge in [0.25, 0.3) is 5.91 Å². The molecule has 2 aromatic rings. The van der Waals surface area contributed by atoms with Gasteiger partial charge in [0.2, 0.25) is 0 Å². The maximum Gasteiger partial charge on any atom is 0.251 e. The molecular weight excluding hydrogens is 344 g/mol. The van der Waals surface area contributed by atoms with Crippen molar-refractivity contribution in [2.75, 3.05) is 25.0 Å². The summed E-state index contributed by atoms with van der Waals surface area (Å²) in [4.78, 5) is 15.6. The minimum atomic E-state index is -0.0781. The molecule has 0 aromatic heterocycles. The molecule has 6 heteroatoms. The van der Waals surface area contributed by atoms with Crippen molar-refractivity contribution in [2.45, 2.75) is 18.7 Å². The second-order valence-corrected chi connectivity index (χ2v) is 7.36. The van der Waals surface area contributed by atoms with E-state index in [4.69, 9.17) is 0 Å². The van der Waals surface area contributed by atoms with Crippen molar-refractivity contribution in [1.82, 2.24) is 15.5 Å². The van der Waals surface area contributed by atoms with Gasteiger partial charge in [0.15, 0.2) is 0 Å². The molecule has 1 amide bonds. The Morgan fingerprint density at radius 1 is 1.19 bits per heavy atom. The number of hydrogen-bond donors (Lipinski definition) is 3. The molecule has 3 rings (SSSR count). The highest BCUT2D eigenvalue weighted by molar-refractivity contribution is 8.00. The van der Waals surface area contributed by atoms with Gasteiger partial charge < -0.3 is 20.3 Å². The standard InChI is InChI=1S/C20H24N4OS/c1-14-4-8-18(9-5-14)26-23-19-10-16(7-6-15(19)2)20(25)21-11-17-12-24(3)13-22-17/h4-10,12,22-23H,11,13H2,1-3H3,(H,21,25). The third kappa shape index (κ3) is 4.73. The van der Waals surface area contributed by atoms with E-state index >= 15 is 0 Å². The average molecular weight is 369 g/mol. The molecule has 26 heavy (non-hydrogen) atoms. The summed E-state index contributed by atoms with van der Waals surface area (Å²) in [6.45, 7) is 5.38. The second kappa shape index (κ2) is 8.19. The summed E-state index contributed by atoms with van der Waals surface area (Å²) < 4.78 is 3.35. The molecule has 0 atom stereocenters. The van der Waals surface area contributed by atoms with E-state index in [1.807, 2.05) is 43.3 Å². The smallest absolute Gasteiger partial charge is 0.251 e. The second-order valence-electron chi connectivity index (χ2n) is 6.48. The first-order valence-electron chi connectivity index (χ1n) is 8.54. The van der Waals surface area contributed by atoms with E-state index in [0.29, 0.717) is 12.1 Å². The predicted octanol–water partition coefficient (Wildman–Crippen LogP) is 3.49. The Balaban J connectivity index is 1.61. The van der Waals surface area contributed by atoms with Crippen molar-refractivity contribution < 1.29 is 4.79 Å². The van der Waals surface area contributed by atoms with Crippen LogP contribution in [0.5, 0.6) is 0 Å². The van der Waals surface area contributed by atoms with Crippen LogP contribution in [0.25, 0.3) is 0 Å². The molecule has 0 bridgehead atoms. The number of nitrogens with one attached hydrogen (secondary N) is 3. The van der Waals surface area contributed by atoms with Gasteiger partial charge >= 0.3 is 0 Å². The normalized spacial score (nSPS) is 13.2. The third-order valence-electron chi connectivity index (χ3n) is 4.17. The van der Waals surface area contributed by atoms with Crippen molar-refractivity contribution in [3.05, 3.63) is 71.1 Å². The first-order chi connectivity index (χ1) is 12.5. The van der Waals surface area contributed by atoms with E-state index in [1.54, 1.807) is 11.9 Å². The van der Waals surface area contributed by atoms with Crippen molar-refractivity contribution >= 4 is 23.5 Å².